The van der Waals surface area contributed by atoms with Crippen molar-refractivity contribution in [1.82, 2.24) is 0 Å². The van der Waals surface area contributed by atoms with Crippen molar-refractivity contribution < 1.29 is 14.9 Å². The summed E-state index contributed by atoms with van der Waals surface area (Å²) >= 11 is 3.33. The summed E-state index contributed by atoms with van der Waals surface area (Å²) in [5.74, 6) is 0.381. The second-order valence-corrected chi connectivity index (χ2v) is 5.36. The maximum absolute atomic E-state index is 10.1. The summed E-state index contributed by atoms with van der Waals surface area (Å²) in [4.78, 5) is 0. The second kappa shape index (κ2) is 7.94. The van der Waals surface area contributed by atoms with E-state index in [2.05, 4.69) is 15.9 Å². The normalized spacial score (nSPS) is 15.3. The highest BCUT2D eigenvalue weighted by Gasteiger charge is 2.25. The molecule has 0 aliphatic rings. The monoisotopic (exact) mass is 353 g/mol. The zero-order valence-electron chi connectivity index (χ0n) is 11.3. The van der Waals surface area contributed by atoms with Crippen LogP contribution in [0, 0.1) is 5.92 Å². The van der Waals surface area contributed by atoms with Crippen molar-refractivity contribution in [2.45, 2.75) is 32.4 Å². The molecule has 4 nitrogen and oxygen atoms in total. The number of benzene rings is 1. The van der Waals surface area contributed by atoms with Gasteiger partial charge >= 0.3 is 0 Å². The Morgan fingerprint density at radius 1 is 1.42 bits per heavy atom. The number of halogens is 2. The van der Waals surface area contributed by atoms with Gasteiger partial charge in [0.1, 0.15) is 0 Å². The van der Waals surface area contributed by atoms with Crippen molar-refractivity contribution >= 4 is 28.3 Å². The summed E-state index contributed by atoms with van der Waals surface area (Å²) in [6.07, 6.45) is 0.112. The highest BCUT2D eigenvalue weighted by Crippen LogP contribution is 2.38. The molecule has 110 valence electrons. The topological polar surface area (TPSA) is 75.7 Å². The molecule has 6 heteroatoms. The summed E-state index contributed by atoms with van der Waals surface area (Å²) in [5, 5.41) is 20.2. The minimum absolute atomic E-state index is 0. The largest absolute Gasteiger partial charge is 0.504 e. The predicted octanol–water partition coefficient (Wildman–Crippen LogP) is 2.99. The average molecular weight is 355 g/mol. The van der Waals surface area contributed by atoms with E-state index < -0.39 is 12.1 Å². The number of methoxy groups -OCH3 is 1. The summed E-state index contributed by atoms with van der Waals surface area (Å²) < 4.78 is 5.82. The number of aliphatic hydroxyl groups excluding tert-OH is 1. The molecule has 1 unspecified atom stereocenters. The number of phenols is 1. The number of aliphatic hydroxyl groups is 1. The Labute approximate surface area is 128 Å². The molecule has 1 aromatic carbocycles. The molecule has 0 saturated heterocycles. The molecule has 0 spiro atoms. The molecule has 0 aromatic heterocycles. The fourth-order valence-electron chi connectivity index (χ4n) is 1.78. The number of ether oxygens (including phenoxy) is 1. The van der Waals surface area contributed by atoms with E-state index in [1.54, 1.807) is 12.1 Å². The molecule has 0 aliphatic carbocycles. The van der Waals surface area contributed by atoms with Gasteiger partial charge in [0.2, 0.25) is 0 Å². The maximum Gasteiger partial charge on any atom is 0.162 e. The van der Waals surface area contributed by atoms with Crippen LogP contribution in [0.2, 0.25) is 0 Å². The fraction of sp³-hybridized carbons (Fsp3) is 0.538. The molecular formula is C13H21BrClNO3. The van der Waals surface area contributed by atoms with Gasteiger partial charge in [0.05, 0.1) is 19.3 Å². The number of hydrogen-bond acceptors (Lipinski definition) is 4. The van der Waals surface area contributed by atoms with E-state index >= 15 is 0 Å². The van der Waals surface area contributed by atoms with Crippen LogP contribution in [0.1, 0.15) is 31.9 Å². The lowest BCUT2D eigenvalue weighted by Crippen LogP contribution is -2.31. The van der Waals surface area contributed by atoms with Gasteiger partial charge in [-0.25, -0.2) is 0 Å². The molecule has 4 N–H and O–H groups in total. The van der Waals surface area contributed by atoms with Gasteiger partial charge in [-0.2, -0.15) is 0 Å². The predicted molar refractivity (Wildman–Crippen MR) is 82.0 cm³/mol. The first-order chi connectivity index (χ1) is 8.42. The number of nitrogens with two attached hydrogens (primary N) is 1. The highest BCUT2D eigenvalue weighted by atomic mass is 79.9. The van der Waals surface area contributed by atoms with Gasteiger partial charge in [-0.15, -0.1) is 12.4 Å². The molecular weight excluding hydrogens is 334 g/mol. The molecule has 1 rings (SSSR count). The number of aromatic hydroxyl groups is 1. The Bertz CT molecular complexity index is 417. The Balaban J connectivity index is 0.00000324. The lowest BCUT2D eigenvalue weighted by atomic mass is 9.91. The summed E-state index contributed by atoms with van der Waals surface area (Å²) in [6.45, 7) is 3.92. The Morgan fingerprint density at radius 2 is 2.00 bits per heavy atom. The molecule has 19 heavy (non-hydrogen) atoms. The molecule has 0 saturated carbocycles. The van der Waals surface area contributed by atoms with Crippen molar-refractivity contribution in [3.8, 4) is 11.5 Å². The van der Waals surface area contributed by atoms with Gasteiger partial charge in [-0.3, -0.25) is 0 Å². The first kappa shape index (κ1) is 18.5. The third-order valence-electron chi connectivity index (χ3n) is 3.24. The molecule has 0 amide bonds. The molecule has 1 aromatic rings. The van der Waals surface area contributed by atoms with Crippen LogP contribution in [0.3, 0.4) is 0 Å². The van der Waals surface area contributed by atoms with Gasteiger partial charge in [0.15, 0.2) is 11.5 Å². The minimum atomic E-state index is -0.708. The molecule has 0 radical (unpaired) electrons. The zero-order chi connectivity index (χ0) is 13.9. The van der Waals surface area contributed by atoms with Crippen LogP contribution in [0.25, 0.3) is 0 Å². The first-order valence-corrected chi connectivity index (χ1v) is 6.71. The van der Waals surface area contributed by atoms with E-state index in [9.17, 15) is 10.2 Å². The number of hydrogen-bond donors (Lipinski definition) is 3. The van der Waals surface area contributed by atoms with Gasteiger partial charge in [0, 0.05) is 10.0 Å². The van der Waals surface area contributed by atoms with Crippen LogP contribution in [0.5, 0.6) is 11.5 Å². The van der Waals surface area contributed by atoms with E-state index in [1.807, 2.05) is 13.8 Å². The molecule has 0 bridgehead atoms. The fourth-order valence-corrected chi connectivity index (χ4v) is 2.24. The quantitative estimate of drug-likeness (QED) is 0.760. The van der Waals surface area contributed by atoms with Crippen molar-refractivity contribution in [1.29, 1.82) is 0 Å². The van der Waals surface area contributed by atoms with Crippen LogP contribution in [-0.4, -0.2) is 23.4 Å². The maximum atomic E-state index is 10.1. The first-order valence-electron chi connectivity index (χ1n) is 5.92. The van der Waals surface area contributed by atoms with Crippen LogP contribution in [0.15, 0.2) is 16.6 Å². The van der Waals surface area contributed by atoms with E-state index in [4.69, 9.17) is 10.5 Å². The highest BCUT2D eigenvalue weighted by molar-refractivity contribution is 9.10. The van der Waals surface area contributed by atoms with E-state index in [0.29, 0.717) is 11.3 Å². The van der Waals surface area contributed by atoms with Crippen LogP contribution in [-0.2, 0) is 0 Å². The summed E-state index contributed by atoms with van der Waals surface area (Å²) in [5.41, 5.74) is 6.50. The lowest BCUT2D eigenvalue weighted by molar-refractivity contribution is 0.0869. The van der Waals surface area contributed by atoms with Crippen molar-refractivity contribution in [2.75, 3.05) is 7.11 Å². The SMILES string of the molecule is CCC(C)[C@H](O)[C@H](N)c1cc(Br)cc(OC)c1O.Cl. The summed E-state index contributed by atoms with van der Waals surface area (Å²) in [6, 6.07) is 2.71. The number of phenolic OH excluding ortho intramolecular Hbond substituents is 1. The van der Waals surface area contributed by atoms with Crippen molar-refractivity contribution in [3.63, 3.8) is 0 Å². The lowest BCUT2D eigenvalue weighted by Gasteiger charge is -2.25. The zero-order valence-corrected chi connectivity index (χ0v) is 13.7. The van der Waals surface area contributed by atoms with Crippen LogP contribution in [0.4, 0.5) is 0 Å². The van der Waals surface area contributed by atoms with Gasteiger partial charge in [0.25, 0.3) is 0 Å². The van der Waals surface area contributed by atoms with E-state index in [0.717, 1.165) is 10.9 Å². The number of rotatable bonds is 5. The third-order valence-corrected chi connectivity index (χ3v) is 3.70. The third kappa shape index (κ3) is 4.24. The van der Waals surface area contributed by atoms with Crippen molar-refractivity contribution in [2.24, 2.45) is 11.7 Å². The standard InChI is InChI=1S/C13H20BrNO3.ClH/c1-4-7(2)12(16)11(15)9-5-8(14)6-10(18-3)13(9)17;/h5-7,11-12,16-17H,4,15H2,1-3H3;1H/t7?,11-,12+;/m1./s1. The van der Waals surface area contributed by atoms with Crippen LogP contribution < -0.4 is 10.5 Å². The molecule has 0 heterocycles. The van der Waals surface area contributed by atoms with E-state index in [-0.39, 0.29) is 24.1 Å². The smallest absolute Gasteiger partial charge is 0.162 e. The Kier molecular flexibility index (Phi) is 7.74. The second-order valence-electron chi connectivity index (χ2n) is 4.45. The minimum Gasteiger partial charge on any atom is -0.504 e. The average Bonchev–Trinajstić information content (AvgIpc) is 2.38. The van der Waals surface area contributed by atoms with Gasteiger partial charge in [-0.1, -0.05) is 36.2 Å². The van der Waals surface area contributed by atoms with Crippen molar-refractivity contribution in [3.05, 3.63) is 22.2 Å². The molecule has 0 fully saturated rings. The Morgan fingerprint density at radius 3 is 2.47 bits per heavy atom. The molecule has 0 aliphatic heterocycles. The van der Waals surface area contributed by atoms with Gasteiger partial charge in [-0.05, 0) is 18.1 Å². The van der Waals surface area contributed by atoms with Crippen LogP contribution >= 0.6 is 28.3 Å². The molecule has 3 atom stereocenters. The van der Waals surface area contributed by atoms with E-state index in [1.165, 1.54) is 7.11 Å². The Hall–Kier alpha value is -0.490. The summed E-state index contributed by atoms with van der Waals surface area (Å²) in [7, 11) is 1.47. The van der Waals surface area contributed by atoms with Gasteiger partial charge < -0.3 is 20.7 Å².